The SMILES string of the molecule is Cc1cccc(C)c1B1N(C)c2ccc(Oc3[c-]c4c(cc3)c3ccccc3n4-c3ccccn3)[c-]c2-c2nc3ccccc3n21.[Pt+2]. The third-order valence-electron chi connectivity index (χ3n) is 9.16. The van der Waals surface area contributed by atoms with Gasteiger partial charge in [-0.3, -0.25) is 4.98 Å². The van der Waals surface area contributed by atoms with Crippen LogP contribution in [0.2, 0.25) is 0 Å². The topological polar surface area (TPSA) is 48.1 Å². The summed E-state index contributed by atoms with van der Waals surface area (Å²) in [7, 11) is 2.15. The fourth-order valence-corrected chi connectivity index (χ4v) is 7.10. The van der Waals surface area contributed by atoms with Gasteiger partial charge in [-0.2, -0.15) is 6.07 Å². The molecule has 0 radical (unpaired) electrons. The minimum Gasteiger partial charge on any atom is -0.503 e. The van der Waals surface area contributed by atoms with Crippen molar-refractivity contribution in [3.05, 3.63) is 139 Å². The van der Waals surface area contributed by atoms with Crippen molar-refractivity contribution in [2.24, 2.45) is 0 Å². The molecule has 1 aliphatic heterocycles. The molecule has 1 aliphatic rings. The van der Waals surface area contributed by atoms with E-state index in [1.807, 2.05) is 42.6 Å². The molecule has 0 fully saturated rings. The van der Waals surface area contributed by atoms with Crippen molar-refractivity contribution in [2.45, 2.75) is 13.8 Å². The van der Waals surface area contributed by atoms with Crippen molar-refractivity contribution in [3.8, 4) is 28.7 Å². The monoisotopic (exact) mass is 788 g/mol. The van der Waals surface area contributed by atoms with Crippen LogP contribution >= 0.6 is 0 Å². The van der Waals surface area contributed by atoms with Crippen molar-refractivity contribution in [3.63, 3.8) is 0 Å². The number of anilines is 1. The molecule has 0 atom stereocenters. The molecule has 8 heteroatoms. The Kier molecular flexibility index (Phi) is 7.03. The molecule has 0 N–H and O–H groups in total. The second kappa shape index (κ2) is 11.3. The van der Waals surface area contributed by atoms with Gasteiger partial charge in [-0.1, -0.05) is 94.6 Å². The summed E-state index contributed by atoms with van der Waals surface area (Å²) in [6, 6.07) is 44.5. The van der Waals surface area contributed by atoms with Crippen molar-refractivity contribution >= 4 is 51.0 Å². The number of fused-ring (bicyclic) bond motifs is 8. The number of aromatic nitrogens is 4. The molecule has 47 heavy (non-hydrogen) atoms. The van der Waals surface area contributed by atoms with Crippen molar-refractivity contribution in [2.75, 3.05) is 11.9 Å². The molecule has 0 saturated heterocycles. The molecule has 0 bridgehead atoms. The predicted octanol–water partition coefficient (Wildman–Crippen LogP) is 7.90. The van der Waals surface area contributed by atoms with Gasteiger partial charge in [0.2, 0.25) is 0 Å². The van der Waals surface area contributed by atoms with Crippen LogP contribution in [0.4, 0.5) is 5.69 Å². The molecule has 0 aliphatic carbocycles. The number of para-hydroxylation sites is 3. The Hall–Kier alpha value is -5.13. The van der Waals surface area contributed by atoms with E-state index in [2.05, 4.69) is 125 Å². The van der Waals surface area contributed by atoms with Crippen molar-refractivity contribution in [1.82, 2.24) is 19.0 Å². The summed E-state index contributed by atoms with van der Waals surface area (Å²) in [4.78, 5) is 12.1. The Balaban J connectivity index is 0.00000324. The molecule has 8 aromatic rings. The number of nitrogens with zero attached hydrogens (tertiary/aromatic N) is 5. The van der Waals surface area contributed by atoms with Gasteiger partial charge in [-0.15, -0.1) is 23.6 Å². The average molecular weight is 789 g/mol. The van der Waals surface area contributed by atoms with Crippen LogP contribution in [-0.4, -0.2) is 33.0 Å². The van der Waals surface area contributed by atoms with Gasteiger partial charge in [-0.05, 0) is 62.1 Å². The number of rotatable bonds is 4. The molecular formula is C39H28BN5OPt. The number of imidazole rings is 1. The number of hydrogen-bond acceptors (Lipinski definition) is 4. The van der Waals surface area contributed by atoms with Gasteiger partial charge >= 0.3 is 28.0 Å². The van der Waals surface area contributed by atoms with Crippen LogP contribution in [0.5, 0.6) is 11.5 Å². The summed E-state index contributed by atoms with van der Waals surface area (Å²) in [5.74, 6) is 2.92. The molecule has 0 spiro atoms. The van der Waals surface area contributed by atoms with Crippen LogP contribution in [0, 0.1) is 26.0 Å². The summed E-state index contributed by atoms with van der Waals surface area (Å²) in [6.07, 6.45) is 1.81. The van der Waals surface area contributed by atoms with Gasteiger partial charge in [-0.25, -0.2) is 4.98 Å². The van der Waals surface area contributed by atoms with E-state index in [0.29, 0.717) is 11.5 Å². The predicted molar refractivity (Wildman–Crippen MR) is 187 cm³/mol. The maximum Gasteiger partial charge on any atom is 2.00 e. The molecule has 5 aromatic carbocycles. The van der Waals surface area contributed by atoms with Crippen LogP contribution in [-0.2, 0) is 21.1 Å². The van der Waals surface area contributed by atoms with E-state index in [0.717, 1.165) is 55.7 Å². The zero-order valence-electron chi connectivity index (χ0n) is 26.0. The minimum atomic E-state index is -0.0551. The maximum absolute atomic E-state index is 6.51. The van der Waals surface area contributed by atoms with Crippen LogP contribution in [0.15, 0.2) is 115 Å². The van der Waals surface area contributed by atoms with E-state index < -0.39 is 0 Å². The molecule has 9 rings (SSSR count). The Labute approximate surface area is 287 Å². The maximum atomic E-state index is 6.51. The van der Waals surface area contributed by atoms with Gasteiger partial charge in [0.1, 0.15) is 5.82 Å². The van der Waals surface area contributed by atoms with E-state index in [4.69, 9.17) is 9.72 Å². The van der Waals surface area contributed by atoms with Gasteiger partial charge in [0.15, 0.2) is 0 Å². The van der Waals surface area contributed by atoms with Crippen LogP contribution in [0.1, 0.15) is 11.1 Å². The number of pyridine rings is 1. The zero-order valence-corrected chi connectivity index (χ0v) is 28.3. The first kappa shape index (κ1) is 29.3. The summed E-state index contributed by atoms with van der Waals surface area (Å²) in [5.41, 5.74) is 9.77. The fraction of sp³-hybridized carbons (Fsp3) is 0.0769. The summed E-state index contributed by atoms with van der Waals surface area (Å²) >= 11 is 0. The van der Waals surface area contributed by atoms with E-state index in [-0.39, 0.29) is 28.0 Å². The molecule has 0 amide bonds. The van der Waals surface area contributed by atoms with Gasteiger partial charge in [0.05, 0.1) is 5.52 Å². The quantitative estimate of drug-likeness (QED) is 0.135. The minimum absolute atomic E-state index is 0. The van der Waals surface area contributed by atoms with Crippen LogP contribution < -0.4 is 15.0 Å². The Morgan fingerprint density at radius 2 is 1.43 bits per heavy atom. The Morgan fingerprint density at radius 3 is 2.23 bits per heavy atom. The van der Waals surface area contributed by atoms with Crippen LogP contribution in [0.3, 0.4) is 0 Å². The third kappa shape index (κ3) is 4.52. The van der Waals surface area contributed by atoms with E-state index >= 15 is 0 Å². The first-order valence-corrected chi connectivity index (χ1v) is 15.4. The summed E-state index contributed by atoms with van der Waals surface area (Å²) in [6.45, 7) is 4.32. The fourth-order valence-electron chi connectivity index (χ4n) is 7.10. The number of hydrogen-bond donors (Lipinski definition) is 0. The van der Waals surface area contributed by atoms with Gasteiger partial charge < -0.3 is 18.6 Å². The standard InChI is InChI=1S/C39H28BN5O.Pt/c1-25-11-10-12-26(2)38(25)40-43(3)33-21-19-27(23-31(33)39-42-32-14-5-7-16-35(32)45(39)40)46-28-18-20-30-29-13-4-6-15-34(29)44(36(30)24-28)37-17-8-9-22-41-37;/h4-22H,1-3H3;/q-2;+2. The second-order valence-corrected chi connectivity index (χ2v) is 11.9. The molecule has 4 heterocycles. The summed E-state index contributed by atoms with van der Waals surface area (Å²) in [5, 5.41) is 2.24. The number of benzene rings is 5. The average Bonchev–Trinajstić information content (AvgIpc) is 3.62. The Bertz CT molecular complexity index is 2450. The van der Waals surface area contributed by atoms with E-state index in [9.17, 15) is 0 Å². The summed E-state index contributed by atoms with van der Waals surface area (Å²) < 4.78 is 11.0. The van der Waals surface area contributed by atoms with Gasteiger partial charge in [0, 0.05) is 34.6 Å². The first-order chi connectivity index (χ1) is 22.6. The number of aryl methyl sites for hydroxylation is 2. The third-order valence-corrected chi connectivity index (χ3v) is 9.16. The molecule has 228 valence electrons. The van der Waals surface area contributed by atoms with Crippen molar-refractivity contribution < 1.29 is 25.8 Å². The molecule has 0 saturated carbocycles. The van der Waals surface area contributed by atoms with E-state index in [1.54, 1.807) is 0 Å². The van der Waals surface area contributed by atoms with Crippen molar-refractivity contribution in [1.29, 1.82) is 0 Å². The molecule has 3 aromatic heterocycles. The smallest absolute Gasteiger partial charge is 0.503 e. The molecule has 6 nitrogen and oxygen atoms in total. The largest absolute Gasteiger partial charge is 2.00 e. The molecule has 0 unspecified atom stereocenters. The normalized spacial score (nSPS) is 12.3. The molecular weight excluding hydrogens is 760 g/mol. The Morgan fingerprint density at radius 1 is 0.702 bits per heavy atom. The van der Waals surface area contributed by atoms with E-state index in [1.165, 1.54) is 16.6 Å². The van der Waals surface area contributed by atoms with Crippen LogP contribution in [0.25, 0.3) is 50.0 Å². The second-order valence-electron chi connectivity index (χ2n) is 11.9. The first-order valence-electron chi connectivity index (χ1n) is 15.4. The zero-order chi connectivity index (χ0) is 30.9. The number of ether oxygens (including phenoxy) is 1. The van der Waals surface area contributed by atoms with Gasteiger partial charge in [0.25, 0.3) is 0 Å².